The molecule has 8 heteroatoms. The average molecular weight is 344 g/mol. The number of benzene rings is 1. The molecule has 0 bridgehead atoms. The molecule has 1 aliphatic rings. The minimum atomic E-state index is -0.664. The molecule has 3 rings (SSSR count). The quantitative estimate of drug-likeness (QED) is 0.784. The molecule has 1 aliphatic heterocycles. The standard InChI is InChI=1S/C16H16N4O3S/c21-13(19-15-17-8-9-24-15)7-6-12-14(22)20(16(23)18-12)10-11-4-2-1-3-5-11/h1-5,8-9,12H,6-7,10H2,(H,18,23)(H,17,19,21)/t12-/m0/s1. The van der Waals surface area contributed by atoms with E-state index in [0.717, 1.165) is 5.56 Å². The van der Waals surface area contributed by atoms with Crippen LogP contribution in [0.25, 0.3) is 0 Å². The van der Waals surface area contributed by atoms with Crippen LogP contribution < -0.4 is 10.6 Å². The van der Waals surface area contributed by atoms with Gasteiger partial charge in [-0.15, -0.1) is 11.3 Å². The lowest BCUT2D eigenvalue weighted by Gasteiger charge is -2.13. The first kappa shape index (κ1) is 16.1. The van der Waals surface area contributed by atoms with E-state index < -0.39 is 12.1 Å². The van der Waals surface area contributed by atoms with E-state index >= 15 is 0 Å². The second-order valence-electron chi connectivity index (χ2n) is 5.34. The number of nitrogens with zero attached hydrogens (tertiary/aromatic N) is 2. The lowest BCUT2D eigenvalue weighted by atomic mass is 10.1. The third-order valence-corrected chi connectivity index (χ3v) is 4.32. The van der Waals surface area contributed by atoms with Gasteiger partial charge in [-0.05, 0) is 12.0 Å². The van der Waals surface area contributed by atoms with Crippen molar-refractivity contribution in [2.75, 3.05) is 5.32 Å². The Labute approximate surface area is 142 Å². The molecule has 0 saturated carbocycles. The molecule has 124 valence electrons. The van der Waals surface area contributed by atoms with E-state index in [1.54, 1.807) is 11.6 Å². The van der Waals surface area contributed by atoms with E-state index in [-0.39, 0.29) is 31.2 Å². The highest BCUT2D eigenvalue weighted by Gasteiger charge is 2.37. The van der Waals surface area contributed by atoms with Gasteiger partial charge in [0.2, 0.25) is 5.91 Å². The molecule has 24 heavy (non-hydrogen) atoms. The summed E-state index contributed by atoms with van der Waals surface area (Å²) in [4.78, 5) is 41.3. The van der Waals surface area contributed by atoms with Crippen molar-refractivity contribution in [3.05, 3.63) is 47.5 Å². The number of amides is 4. The van der Waals surface area contributed by atoms with Crippen molar-refractivity contribution in [3.8, 4) is 0 Å². The Morgan fingerprint density at radius 3 is 2.79 bits per heavy atom. The fourth-order valence-electron chi connectivity index (χ4n) is 2.43. The van der Waals surface area contributed by atoms with E-state index in [1.165, 1.54) is 16.2 Å². The predicted molar refractivity (Wildman–Crippen MR) is 89.3 cm³/mol. The molecule has 1 aromatic carbocycles. The van der Waals surface area contributed by atoms with Crippen LogP contribution >= 0.6 is 11.3 Å². The number of aromatic nitrogens is 1. The van der Waals surface area contributed by atoms with Crippen LogP contribution in [-0.4, -0.2) is 33.8 Å². The number of hydrogen-bond acceptors (Lipinski definition) is 5. The topological polar surface area (TPSA) is 91.4 Å². The van der Waals surface area contributed by atoms with Crippen LogP contribution in [0.5, 0.6) is 0 Å². The van der Waals surface area contributed by atoms with Crippen LogP contribution in [0.15, 0.2) is 41.9 Å². The second kappa shape index (κ2) is 7.22. The van der Waals surface area contributed by atoms with Gasteiger partial charge in [-0.3, -0.25) is 14.5 Å². The molecule has 2 N–H and O–H groups in total. The molecule has 7 nitrogen and oxygen atoms in total. The first-order valence-electron chi connectivity index (χ1n) is 7.48. The molecule has 1 saturated heterocycles. The smallest absolute Gasteiger partial charge is 0.325 e. The van der Waals surface area contributed by atoms with Crippen molar-refractivity contribution >= 4 is 34.3 Å². The van der Waals surface area contributed by atoms with Crippen LogP contribution in [0.1, 0.15) is 18.4 Å². The summed E-state index contributed by atoms with van der Waals surface area (Å²) < 4.78 is 0. The summed E-state index contributed by atoms with van der Waals surface area (Å²) in [6.45, 7) is 0.229. The molecule has 1 atom stereocenters. The third kappa shape index (κ3) is 3.77. The van der Waals surface area contributed by atoms with Gasteiger partial charge in [-0.1, -0.05) is 30.3 Å². The largest absolute Gasteiger partial charge is 0.326 e. The van der Waals surface area contributed by atoms with Gasteiger partial charge in [0.25, 0.3) is 5.91 Å². The highest BCUT2D eigenvalue weighted by molar-refractivity contribution is 7.13. The number of hydrogen-bond donors (Lipinski definition) is 2. The summed E-state index contributed by atoms with van der Waals surface area (Å²) in [5, 5.41) is 7.57. The van der Waals surface area contributed by atoms with Gasteiger partial charge < -0.3 is 10.6 Å². The number of urea groups is 1. The summed E-state index contributed by atoms with van der Waals surface area (Å²) >= 11 is 1.32. The fraction of sp³-hybridized carbons (Fsp3) is 0.250. The van der Waals surface area contributed by atoms with Crippen molar-refractivity contribution < 1.29 is 14.4 Å². The van der Waals surface area contributed by atoms with Gasteiger partial charge in [-0.2, -0.15) is 0 Å². The average Bonchev–Trinajstić information content (AvgIpc) is 3.17. The van der Waals surface area contributed by atoms with E-state index in [9.17, 15) is 14.4 Å². The molecule has 2 heterocycles. The summed E-state index contributed by atoms with van der Waals surface area (Å²) in [6, 6.07) is 8.21. The molecule has 0 aliphatic carbocycles. The van der Waals surface area contributed by atoms with Gasteiger partial charge in [-0.25, -0.2) is 9.78 Å². The summed E-state index contributed by atoms with van der Waals surface area (Å²) in [6.07, 6.45) is 1.99. The SMILES string of the molecule is O=C(CC[C@@H]1NC(=O)N(Cc2ccccc2)C1=O)Nc1nccs1. The number of carbonyl (C=O) groups excluding carboxylic acids is 3. The molecule has 4 amide bonds. The van der Waals surface area contributed by atoms with Crippen molar-refractivity contribution in [2.24, 2.45) is 0 Å². The monoisotopic (exact) mass is 344 g/mol. The second-order valence-corrected chi connectivity index (χ2v) is 6.23. The van der Waals surface area contributed by atoms with E-state index in [2.05, 4.69) is 15.6 Å². The number of anilines is 1. The number of thiazole rings is 1. The van der Waals surface area contributed by atoms with Gasteiger partial charge in [0, 0.05) is 18.0 Å². The molecular weight excluding hydrogens is 328 g/mol. The first-order valence-corrected chi connectivity index (χ1v) is 8.36. The van der Waals surface area contributed by atoms with Crippen LogP contribution in [0.4, 0.5) is 9.93 Å². The Morgan fingerprint density at radius 1 is 1.29 bits per heavy atom. The van der Waals surface area contributed by atoms with E-state index in [4.69, 9.17) is 0 Å². The number of imide groups is 1. The number of carbonyl (C=O) groups is 3. The molecule has 0 unspecified atom stereocenters. The zero-order valence-electron chi connectivity index (χ0n) is 12.8. The van der Waals surface area contributed by atoms with Gasteiger partial charge >= 0.3 is 6.03 Å². The normalized spacial score (nSPS) is 17.0. The molecule has 1 aromatic heterocycles. The van der Waals surface area contributed by atoms with Gasteiger partial charge in [0.1, 0.15) is 6.04 Å². The van der Waals surface area contributed by atoms with Crippen LogP contribution in [0.3, 0.4) is 0 Å². The molecule has 1 fully saturated rings. The Bertz CT molecular complexity index is 733. The predicted octanol–water partition coefficient (Wildman–Crippen LogP) is 1.98. The Kier molecular flexibility index (Phi) is 4.85. The van der Waals surface area contributed by atoms with E-state index in [0.29, 0.717) is 5.13 Å². The minimum absolute atomic E-state index is 0.134. The summed E-state index contributed by atoms with van der Waals surface area (Å²) in [7, 11) is 0. The zero-order chi connectivity index (χ0) is 16.9. The van der Waals surface area contributed by atoms with Crippen molar-refractivity contribution in [3.63, 3.8) is 0 Å². The van der Waals surface area contributed by atoms with Crippen LogP contribution in [0.2, 0.25) is 0 Å². The third-order valence-electron chi connectivity index (χ3n) is 3.63. The maximum absolute atomic E-state index is 12.4. The minimum Gasteiger partial charge on any atom is -0.326 e. The van der Waals surface area contributed by atoms with Gasteiger partial charge in [0.05, 0.1) is 6.54 Å². The van der Waals surface area contributed by atoms with Crippen molar-refractivity contribution in [1.82, 2.24) is 15.2 Å². The van der Waals surface area contributed by atoms with E-state index in [1.807, 2.05) is 30.3 Å². The van der Waals surface area contributed by atoms with Gasteiger partial charge in [0.15, 0.2) is 5.13 Å². The van der Waals surface area contributed by atoms with Crippen LogP contribution in [-0.2, 0) is 16.1 Å². The van der Waals surface area contributed by atoms with Crippen molar-refractivity contribution in [1.29, 1.82) is 0 Å². The molecule has 0 spiro atoms. The molecular formula is C16H16N4O3S. The van der Waals surface area contributed by atoms with Crippen molar-refractivity contribution in [2.45, 2.75) is 25.4 Å². The molecule has 0 radical (unpaired) electrons. The fourth-order valence-corrected chi connectivity index (χ4v) is 2.98. The lowest BCUT2D eigenvalue weighted by molar-refractivity contribution is -0.128. The maximum atomic E-state index is 12.4. The highest BCUT2D eigenvalue weighted by Crippen LogP contribution is 2.16. The highest BCUT2D eigenvalue weighted by atomic mass is 32.1. The Morgan fingerprint density at radius 2 is 2.08 bits per heavy atom. The summed E-state index contributed by atoms with van der Waals surface area (Å²) in [5.41, 5.74) is 0.878. The maximum Gasteiger partial charge on any atom is 0.325 e. The zero-order valence-corrected chi connectivity index (χ0v) is 13.6. The lowest BCUT2D eigenvalue weighted by Crippen LogP contribution is -2.31. The first-order chi connectivity index (χ1) is 11.6. The number of rotatable bonds is 6. The van der Waals surface area contributed by atoms with Crippen LogP contribution in [0, 0.1) is 0 Å². The number of nitrogens with one attached hydrogen (secondary N) is 2. The Balaban J connectivity index is 1.53. The summed E-state index contributed by atoms with van der Waals surface area (Å²) in [5.74, 6) is -0.528. The molecule has 2 aromatic rings. The Hall–Kier alpha value is -2.74.